The van der Waals surface area contributed by atoms with E-state index >= 15 is 0 Å². The summed E-state index contributed by atoms with van der Waals surface area (Å²) in [6.07, 6.45) is 0. The maximum absolute atomic E-state index is 2.32. The van der Waals surface area contributed by atoms with Crippen LogP contribution in [0, 0.1) is 41.5 Å². The Morgan fingerprint density at radius 2 is 1.11 bits per heavy atom. The van der Waals surface area contributed by atoms with Crippen LogP contribution in [-0.4, -0.2) is 0 Å². The molecule has 0 N–H and O–H groups in total. The van der Waals surface area contributed by atoms with Gasteiger partial charge in [-0.05, 0) is 86.1 Å². The van der Waals surface area contributed by atoms with Gasteiger partial charge in [-0.15, -0.1) is 0 Å². The van der Waals surface area contributed by atoms with Crippen molar-refractivity contribution in [2.45, 2.75) is 41.5 Å². The smallest absolute Gasteiger partial charge is 0.0149 e. The monoisotopic (exact) mass is 238 g/mol. The van der Waals surface area contributed by atoms with E-state index in [1.165, 1.54) is 44.5 Å². The van der Waals surface area contributed by atoms with Crippen LogP contribution in [0.15, 0.2) is 24.3 Å². The molecule has 0 aliphatic rings. The Labute approximate surface area is 111 Å². The molecule has 0 aromatic heterocycles. The minimum atomic E-state index is 1.37. The van der Waals surface area contributed by atoms with Crippen LogP contribution in [-0.2, 0) is 0 Å². The zero-order valence-corrected chi connectivity index (χ0v) is 12.3. The summed E-state index contributed by atoms with van der Waals surface area (Å²) in [4.78, 5) is 0. The highest BCUT2D eigenvalue weighted by Gasteiger charge is 2.09. The molecule has 0 heterocycles. The van der Waals surface area contributed by atoms with Crippen LogP contribution in [0.4, 0.5) is 0 Å². The normalized spacial score (nSPS) is 10.8. The third-order valence-electron chi connectivity index (χ3n) is 4.19. The van der Waals surface area contributed by atoms with E-state index in [0.29, 0.717) is 0 Å². The van der Waals surface area contributed by atoms with E-state index in [1.807, 2.05) is 0 Å². The van der Waals surface area contributed by atoms with Gasteiger partial charge in [0.05, 0.1) is 0 Å². The molecule has 0 nitrogen and oxygen atoms in total. The van der Waals surface area contributed by atoms with Crippen LogP contribution >= 0.6 is 0 Å². The molecule has 0 saturated carbocycles. The van der Waals surface area contributed by atoms with E-state index in [-0.39, 0.29) is 0 Å². The first-order chi connectivity index (χ1) is 8.41. The van der Waals surface area contributed by atoms with Gasteiger partial charge in [0.15, 0.2) is 0 Å². The van der Waals surface area contributed by atoms with E-state index < -0.39 is 0 Å². The maximum atomic E-state index is 2.32. The Balaban J connectivity index is 2.70. The van der Waals surface area contributed by atoms with Gasteiger partial charge >= 0.3 is 0 Å². The Hall–Kier alpha value is -1.56. The summed E-state index contributed by atoms with van der Waals surface area (Å²) in [6.45, 7) is 13.2. The predicted molar refractivity (Wildman–Crippen MR) is 80.3 cm³/mol. The lowest BCUT2D eigenvalue weighted by molar-refractivity contribution is 1.25. The van der Waals surface area contributed by atoms with E-state index in [1.54, 1.807) is 0 Å². The molecule has 2 aromatic carbocycles. The molecule has 94 valence electrons. The lowest BCUT2D eigenvalue weighted by atomic mass is 9.90. The zero-order valence-electron chi connectivity index (χ0n) is 12.3. The molecule has 0 atom stereocenters. The van der Waals surface area contributed by atoms with Crippen molar-refractivity contribution < 1.29 is 0 Å². The van der Waals surface area contributed by atoms with E-state index in [0.717, 1.165) is 0 Å². The Bertz CT molecular complexity index is 604. The molecule has 0 unspecified atom stereocenters. The van der Waals surface area contributed by atoms with Crippen molar-refractivity contribution >= 4 is 0 Å². The fraction of sp³-hybridized carbons (Fsp3) is 0.333. The molecule has 0 fully saturated rings. The average Bonchev–Trinajstić information content (AvgIpc) is 2.32. The maximum Gasteiger partial charge on any atom is -0.0149 e. The van der Waals surface area contributed by atoms with Gasteiger partial charge in [0.2, 0.25) is 0 Å². The molecule has 0 amide bonds. The quantitative estimate of drug-likeness (QED) is 0.640. The summed E-state index contributed by atoms with van der Waals surface area (Å²) in [7, 11) is 0. The minimum absolute atomic E-state index is 1.37. The molecular formula is C18H22. The standard InChI is InChI=1S/C18H22/c1-11-7-8-17(16(6)15(11)5)18-10-13(3)12(2)9-14(18)4/h7-10H,1-6H3. The van der Waals surface area contributed by atoms with Crippen molar-refractivity contribution in [3.8, 4) is 11.1 Å². The SMILES string of the molecule is Cc1cc(C)c(-c2ccc(C)c(C)c2C)cc1C. The lowest BCUT2D eigenvalue weighted by Crippen LogP contribution is -1.94. The predicted octanol–water partition coefficient (Wildman–Crippen LogP) is 5.20. The van der Waals surface area contributed by atoms with Crippen LogP contribution in [0.1, 0.15) is 33.4 Å². The van der Waals surface area contributed by atoms with Gasteiger partial charge in [-0.3, -0.25) is 0 Å². The summed E-state index contributed by atoms with van der Waals surface area (Å²) in [5.74, 6) is 0. The fourth-order valence-electron chi connectivity index (χ4n) is 2.50. The van der Waals surface area contributed by atoms with Gasteiger partial charge in [0, 0.05) is 0 Å². The summed E-state index contributed by atoms with van der Waals surface area (Å²) in [5.41, 5.74) is 11.0. The first-order valence-electron chi connectivity index (χ1n) is 6.57. The molecule has 0 heteroatoms. The van der Waals surface area contributed by atoms with Crippen molar-refractivity contribution in [2.75, 3.05) is 0 Å². The van der Waals surface area contributed by atoms with E-state index in [4.69, 9.17) is 0 Å². The highest BCUT2D eigenvalue weighted by atomic mass is 14.1. The third kappa shape index (κ3) is 2.08. The number of aryl methyl sites for hydroxylation is 4. The Morgan fingerprint density at radius 1 is 0.500 bits per heavy atom. The molecule has 0 aliphatic carbocycles. The number of rotatable bonds is 1. The van der Waals surface area contributed by atoms with Crippen LogP contribution < -0.4 is 0 Å². The Morgan fingerprint density at radius 3 is 1.78 bits per heavy atom. The first kappa shape index (κ1) is 12.9. The molecular weight excluding hydrogens is 216 g/mol. The highest BCUT2D eigenvalue weighted by Crippen LogP contribution is 2.31. The molecule has 0 aliphatic heterocycles. The second kappa shape index (κ2) is 4.61. The second-order valence-corrected chi connectivity index (χ2v) is 5.43. The first-order valence-corrected chi connectivity index (χ1v) is 6.57. The van der Waals surface area contributed by atoms with E-state index in [9.17, 15) is 0 Å². The largest absolute Gasteiger partial charge is 0.0584 e. The van der Waals surface area contributed by atoms with Crippen LogP contribution in [0.2, 0.25) is 0 Å². The topological polar surface area (TPSA) is 0 Å². The van der Waals surface area contributed by atoms with Gasteiger partial charge < -0.3 is 0 Å². The van der Waals surface area contributed by atoms with E-state index in [2.05, 4.69) is 65.8 Å². The minimum Gasteiger partial charge on any atom is -0.0584 e. The highest BCUT2D eigenvalue weighted by molar-refractivity contribution is 5.73. The zero-order chi connectivity index (χ0) is 13.4. The van der Waals surface area contributed by atoms with Gasteiger partial charge in [0.25, 0.3) is 0 Å². The van der Waals surface area contributed by atoms with Crippen molar-refractivity contribution in [3.05, 3.63) is 57.6 Å². The van der Waals surface area contributed by atoms with Gasteiger partial charge in [0.1, 0.15) is 0 Å². The summed E-state index contributed by atoms with van der Waals surface area (Å²) in [6, 6.07) is 9.10. The third-order valence-corrected chi connectivity index (χ3v) is 4.19. The fourth-order valence-corrected chi connectivity index (χ4v) is 2.50. The molecule has 2 rings (SSSR count). The van der Waals surface area contributed by atoms with Crippen molar-refractivity contribution in [2.24, 2.45) is 0 Å². The molecule has 0 spiro atoms. The second-order valence-electron chi connectivity index (χ2n) is 5.43. The Kier molecular flexibility index (Phi) is 3.30. The van der Waals surface area contributed by atoms with Gasteiger partial charge in [-0.1, -0.05) is 24.3 Å². The van der Waals surface area contributed by atoms with Gasteiger partial charge in [-0.2, -0.15) is 0 Å². The summed E-state index contributed by atoms with van der Waals surface area (Å²) < 4.78 is 0. The molecule has 0 radical (unpaired) electrons. The van der Waals surface area contributed by atoms with Crippen LogP contribution in [0.25, 0.3) is 11.1 Å². The van der Waals surface area contributed by atoms with Gasteiger partial charge in [-0.25, -0.2) is 0 Å². The van der Waals surface area contributed by atoms with Crippen LogP contribution in [0.3, 0.4) is 0 Å². The number of hydrogen-bond donors (Lipinski definition) is 0. The lowest BCUT2D eigenvalue weighted by Gasteiger charge is -2.15. The van der Waals surface area contributed by atoms with Crippen molar-refractivity contribution in [3.63, 3.8) is 0 Å². The van der Waals surface area contributed by atoms with Crippen molar-refractivity contribution in [1.29, 1.82) is 0 Å². The number of benzene rings is 2. The summed E-state index contributed by atoms with van der Waals surface area (Å²) >= 11 is 0. The number of hydrogen-bond acceptors (Lipinski definition) is 0. The molecule has 0 saturated heterocycles. The van der Waals surface area contributed by atoms with Crippen molar-refractivity contribution in [1.82, 2.24) is 0 Å². The summed E-state index contributed by atoms with van der Waals surface area (Å²) in [5, 5.41) is 0. The van der Waals surface area contributed by atoms with Crippen LogP contribution in [0.5, 0.6) is 0 Å². The molecule has 18 heavy (non-hydrogen) atoms. The molecule has 0 bridgehead atoms. The average molecular weight is 238 g/mol. The molecule has 2 aromatic rings.